The van der Waals surface area contributed by atoms with Gasteiger partial charge >= 0.3 is 7.60 Å². The SMILES string of the molecule is CCc1ccccc1-c1cc(-c2ccccc2)sc1P(=O)(O)O. The topological polar surface area (TPSA) is 57.5 Å². The fourth-order valence-electron chi connectivity index (χ4n) is 2.63. The van der Waals surface area contributed by atoms with E-state index in [1.165, 1.54) is 11.3 Å². The molecule has 0 amide bonds. The number of hydrogen-bond acceptors (Lipinski definition) is 2. The highest BCUT2D eigenvalue weighted by Crippen LogP contribution is 2.44. The van der Waals surface area contributed by atoms with Crippen molar-refractivity contribution in [1.82, 2.24) is 0 Å². The molecule has 0 radical (unpaired) electrons. The Morgan fingerprint density at radius 1 is 0.957 bits per heavy atom. The van der Waals surface area contributed by atoms with Crippen molar-refractivity contribution in [2.24, 2.45) is 0 Å². The van der Waals surface area contributed by atoms with Crippen molar-refractivity contribution in [2.75, 3.05) is 0 Å². The third kappa shape index (κ3) is 3.31. The molecule has 0 spiro atoms. The van der Waals surface area contributed by atoms with Gasteiger partial charge in [-0.15, -0.1) is 11.3 Å². The summed E-state index contributed by atoms with van der Waals surface area (Å²) in [4.78, 5) is 20.4. The molecular formula is C18H17O3PS. The van der Waals surface area contributed by atoms with Crippen LogP contribution in [0.3, 0.4) is 0 Å². The van der Waals surface area contributed by atoms with Gasteiger partial charge in [-0.2, -0.15) is 0 Å². The summed E-state index contributed by atoms with van der Waals surface area (Å²) in [5, 5.41) is 0. The Kier molecular flexibility index (Phi) is 4.51. The fourth-order valence-corrected chi connectivity index (χ4v) is 4.81. The molecule has 2 aromatic carbocycles. The molecule has 0 aliphatic carbocycles. The second-order valence-corrected chi connectivity index (χ2v) is 8.14. The van der Waals surface area contributed by atoms with Gasteiger partial charge in [0.2, 0.25) is 0 Å². The maximum absolute atomic E-state index is 12.0. The average molecular weight is 344 g/mol. The van der Waals surface area contributed by atoms with Crippen molar-refractivity contribution in [1.29, 1.82) is 0 Å². The van der Waals surface area contributed by atoms with Gasteiger partial charge < -0.3 is 9.79 Å². The lowest BCUT2D eigenvalue weighted by molar-refractivity contribution is 0.388. The van der Waals surface area contributed by atoms with Gasteiger partial charge in [0.1, 0.15) is 4.62 Å². The van der Waals surface area contributed by atoms with Crippen LogP contribution in [0.2, 0.25) is 0 Å². The summed E-state index contributed by atoms with van der Waals surface area (Å²) >= 11 is 1.17. The first kappa shape index (κ1) is 16.2. The minimum absolute atomic E-state index is 0.136. The summed E-state index contributed by atoms with van der Waals surface area (Å²) < 4.78 is 12.1. The maximum atomic E-state index is 12.0. The first-order chi connectivity index (χ1) is 11.0. The summed E-state index contributed by atoms with van der Waals surface area (Å²) in [6, 6.07) is 19.3. The Morgan fingerprint density at radius 2 is 1.61 bits per heavy atom. The van der Waals surface area contributed by atoms with Crippen LogP contribution >= 0.6 is 18.9 Å². The Bertz CT molecular complexity index is 865. The summed E-state index contributed by atoms with van der Waals surface area (Å²) in [6.45, 7) is 2.04. The van der Waals surface area contributed by atoms with Crippen LogP contribution in [0.1, 0.15) is 12.5 Å². The monoisotopic (exact) mass is 344 g/mol. The number of thiophene rings is 1. The molecule has 23 heavy (non-hydrogen) atoms. The second-order valence-electron chi connectivity index (χ2n) is 5.25. The molecule has 3 rings (SSSR count). The number of rotatable bonds is 4. The molecule has 0 saturated heterocycles. The van der Waals surface area contributed by atoms with E-state index < -0.39 is 7.60 Å². The highest BCUT2D eigenvalue weighted by Gasteiger charge is 2.27. The molecule has 0 aliphatic heterocycles. The van der Waals surface area contributed by atoms with Crippen molar-refractivity contribution >= 4 is 23.6 Å². The van der Waals surface area contributed by atoms with Gasteiger partial charge in [0.15, 0.2) is 0 Å². The van der Waals surface area contributed by atoms with E-state index in [-0.39, 0.29) is 4.62 Å². The normalized spacial score (nSPS) is 11.6. The van der Waals surface area contributed by atoms with Crippen molar-refractivity contribution < 1.29 is 14.4 Å². The van der Waals surface area contributed by atoms with Gasteiger partial charge in [0, 0.05) is 10.4 Å². The molecule has 0 unspecified atom stereocenters. The molecule has 0 atom stereocenters. The van der Waals surface area contributed by atoms with E-state index in [9.17, 15) is 14.4 Å². The zero-order chi connectivity index (χ0) is 16.4. The summed E-state index contributed by atoms with van der Waals surface area (Å²) in [5.41, 5.74) is 3.58. The minimum atomic E-state index is -4.33. The van der Waals surface area contributed by atoms with Crippen molar-refractivity contribution in [3.8, 4) is 21.6 Å². The van der Waals surface area contributed by atoms with Crippen LogP contribution < -0.4 is 4.62 Å². The third-order valence-corrected chi connectivity index (χ3v) is 6.47. The highest BCUT2D eigenvalue weighted by atomic mass is 32.1. The maximum Gasteiger partial charge on any atom is 0.366 e. The summed E-state index contributed by atoms with van der Waals surface area (Å²) in [7, 11) is -4.33. The first-order valence-electron chi connectivity index (χ1n) is 7.34. The quantitative estimate of drug-likeness (QED) is 0.688. The predicted octanol–water partition coefficient (Wildman–Crippen LogP) is 4.45. The lowest BCUT2D eigenvalue weighted by atomic mass is 10.00. The van der Waals surface area contributed by atoms with Gasteiger partial charge in [-0.3, -0.25) is 4.57 Å². The van der Waals surface area contributed by atoms with Crippen molar-refractivity contribution in [2.45, 2.75) is 13.3 Å². The Morgan fingerprint density at radius 3 is 2.26 bits per heavy atom. The van der Waals surface area contributed by atoms with Gasteiger partial charge in [-0.1, -0.05) is 61.5 Å². The standard InChI is InChI=1S/C18H17O3PS/c1-2-13-8-6-7-11-15(13)16-12-17(14-9-4-3-5-10-14)23-18(16)22(19,20)21/h3-12H,2H2,1H3,(H2,19,20,21). The van der Waals surface area contributed by atoms with E-state index in [1.54, 1.807) is 0 Å². The van der Waals surface area contributed by atoms with Crippen LogP contribution in [0.25, 0.3) is 21.6 Å². The van der Waals surface area contributed by atoms with Crippen LogP contribution in [0.5, 0.6) is 0 Å². The van der Waals surface area contributed by atoms with Crippen molar-refractivity contribution in [3.63, 3.8) is 0 Å². The van der Waals surface area contributed by atoms with Gasteiger partial charge in [-0.25, -0.2) is 0 Å². The molecule has 5 heteroatoms. The van der Waals surface area contributed by atoms with E-state index >= 15 is 0 Å². The number of benzene rings is 2. The number of aryl methyl sites for hydroxylation is 1. The van der Waals surface area contributed by atoms with Crippen LogP contribution in [0, 0.1) is 0 Å². The molecule has 118 valence electrons. The summed E-state index contributed by atoms with van der Waals surface area (Å²) in [5.74, 6) is 0. The molecule has 0 aliphatic rings. The Hall–Kier alpha value is -1.71. The predicted molar refractivity (Wildman–Crippen MR) is 96.2 cm³/mol. The largest absolute Gasteiger partial charge is 0.366 e. The lowest BCUT2D eigenvalue weighted by Gasteiger charge is -2.09. The molecule has 3 aromatic rings. The van der Waals surface area contributed by atoms with Crippen LogP contribution in [-0.4, -0.2) is 9.79 Å². The van der Waals surface area contributed by atoms with E-state index in [4.69, 9.17) is 0 Å². The van der Waals surface area contributed by atoms with Gasteiger partial charge in [-0.05, 0) is 29.2 Å². The van der Waals surface area contributed by atoms with E-state index in [1.807, 2.05) is 67.6 Å². The molecule has 0 saturated carbocycles. The Balaban J connectivity index is 2.24. The van der Waals surface area contributed by atoms with Gasteiger partial charge in [0.05, 0.1) is 0 Å². The molecule has 2 N–H and O–H groups in total. The molecule has 1 heterocycles. The molecular weight excluding hydrogens is 327 g/mol. The zero-order valence-corrected chi connectivity index (χ0v) is 14.3. The fraction of sp³-hybridized carbons (Fsp3) is 0.111. The van der Waals surface area contributed by atoms with E-state index in [0.29, 0.717) is 5.56 Å². The zero-order valence-electron chi connectivity index (χ0n) is 12.6. The van der Waals surface area contributed by atoms with Gasteiger partial charge in [0.25, 0.3) is 0 Å². The molecule has 0 bridgehead atoms. The lowest BCUT2D eigenvalue weighted by Crippen LogP contribution is -2.02. The summed E-state index contributed by atoms with van der Waals surface area (Å²) in [6.07, 6.45) is 0.813. The molecule has 1 aromatic heterocycles. The minimum Gasteiger partial charge on any atom is -0.320 e. The average Bonchev–Trinajstić information content (AvgIpc) is 3.01. The van der Waals surface area contributed by atoms with Crippen LogP contribution in [-0.2, 0) is 11.0 Å². The molecule has 3 nitrogen and oxygen atoms in total. The Labute approximate surface area is 139 Å². The van der Waals surface area contributed by atoms with Crippen LogP contribution in [0.15, 0.2) is 60.7 Å². The second kappa shape index (κ2) is 6.42. The smallest absolute Gasteiger partial charge is 0.320 e. The number of hydrogen-bond donors (Lipinski definition) is 2. The molecule has 0 fully saturated rings. The van der Waals surface area contributed by atoms with E-state index in [0.717, 1.165) is 28.0 Å². The highest BCUT2D eigenvalue weighted by molar-refractivity contribution is 7.68. The first-order valence-corrected chi connectivity index (χ1v) is 9.77. The van der Waals surface area contributed by atoms with E-state index in [2.05, 4.69) is 0 Å². The van der Waals surface area contributed by atoms with Crippen LogP contribution in [0.4, 0.5) is 0 Å². The van der Waals surface area contributed by atoms with Crippen molar-refractivity contribution in [3.05, 3.63) is 66.2 Å². The third-order valence-electron chi connectivity index (χ3n) is 3.72.